The first-order valence-corrected chi connectivity index (χ1v) is 5.10. The molecule has 2 amide bonds. The molecule has 1 fully saturated rings. The van der Waals surface area contributed by atoms with E-state index in [-0.39, 0.29) is 18.1 Å². The third-order valence-corrected chi connectivity index (χ3v) is 2.58. The van der Waals surface area contributed by atoms with Crippen LogP contribution in [0.25, 0.3) is 0 Å². The fourth-order valence-corrected chi connectivity index (χ4v) is 1.79. The van der Waals surface area contributed by atoms with Crippen molar-refractivity contribution in [3.05, 3.63) is 0 Å². The molecule has 15 heavy (non-hydrogen) atoms. The van der Waals surface area contributed by atoms with Gasteiger partial charge in [-0.25, -0.2) is 0 Å². The average molecular weight is 212 g/mol. The molecule has 1 atom stereocenters. The van der Waals surface area contributed by atoms with Crippen LogP contribution in [0.5, 0.6) is 0 Å². The van der Waals surface area contributed by atoms with Gasteiger partial charge in [0.25, 0.3) is 0 Å². The Hall–Kier alpha value is -1.39. The van der Waals surface area contributed by atoms with Gasteiger partial charge >= 0.3 is 0 Å². The highest BCUT2D eigenvalue weighted by atomic mass is 16.2. The van der Waals surface area contributed by atoms with E-state index < -0.39 is 11.9 Å². The van der Waals surface area contributed by atoms with E-state index in [1.54, 1.807) is 0 Å². The Labute approximate surface area is 88.6 Å². The molecular weight excluding hydrogens is 196 g/mol. The first kappa shape index (κ1) is 11.7. The van der Waals surface area contributed by atoms with Crippen molar-refractivity contribution in [3.8, 4) is 0 Å². The first-order chi connectivity index (χ1) is 7.02. The molecule has 5 nitrogen and oxygen atoms in total. The summed E-state index contributed by atoms with van der Waals surface area (Å²) in [6.45, 7) is 2.04. The topological polar surface area (TPSA) is 80.5 Å². The van der Waals surface area contributed by atoms with Crippen LogP contribution >= 0.6 is 0 Å². The van der Waals surface area contributed by atoms with Crippen LogP contribution in [0.3, 0.4) is 0 Å². The van der Waals surface area contributed by atoms with E-state index in [1.807, 2.05) is 0 Å². The largest absolute Gasteiger partial charge is 0.368 e. The zero-order valence-corrected chi connectivity index (χ0v) is 8.86. The maximum atomic E-state index is 11.4. The zero-order valence-electron chi connectivity index (χ0n) is 8.86. The molecule has 0 unspecified atom stereocenters. The minimum Gasteiger partial charge on any atom is -0.368 e. The van der Waals surface area contributed by atoms with Crippen molar-refractivity contribution in [1.29, 1.82) is 0 Å². The summed E-state index contributed by atoms with van der Waals surface area (Å²) in [6.07, 6.45) is 1.88. The molecule has 0 saturated carbocycles. The molecule has 1 saturated heterocycles. The summed E-state index contributed by atoms with van der Waals surface area (Å²) in [5.74, 6) is -0.554. The Morgan fingerprint density at radius 3 is 2.60 bits per heavy atom. The summed E-state index contributed by atoms with van der Waals surface area (Å²) >= 11 is 0. The van der Waals surface area contributed by atoms with Crippen LogP contribution < -0.4 is 5.73 Å². The first-order valence-electron chi connectivity index (χ1n) is 5.10. The van der Waals surface area contributed by atoms with Crippen LogP contribution in [0.4, 0.5) is 0 Å². The number of hydrogen-bond donors (Lipinski definition) is 1. The van der Waals surface area contributed by atoms with Gasteiger partial charge in [0.15, 0.2) is 0 Å². The quantitative estimate of drug-likeness (QED) is 0.687. The van der Waals surface area contributed by atoms with Crippen molar-refractivity contribution in [2.24, 2.45) is 5.73 Å². The summed E-state index contributed by atoms with van der Waals surface area (Å²) < 4.78 is 0. The Morgan fingerprint density at radius 2 is 2.20 bits per heavy atom. The van der Waals surface area contributed by atoms with E-state index in [4.69, 9.17) is 5.73 Å². The van der Waals surface area contributed by atoms with Crippen molar-refractivity contribution < 1.29 is 14.4 Å². The van der Waals surface area contributed by atoms with Gasteiger partial charge < -0.3 is 15.4 Å². The van der Waals surface area contributed by atoms with E-state index in [0.29, 0.717) is 19.4 Å². The maximum Gasteiger partial charge on any atom is 0.240 e. The zero-order chi connectivity index (χ0) is 11.4. The van der Waals surface area contributed by atoms with Gasteiger partial charge in [0.2, 0.25) is 11.8 Å². The highest BCUT2D eigenvalue weighted by molar-refractivity contribution is 5.88. The van der Waals surface area contributed by atoms with E-state index in [1.165, 1.54) is 11.8 Å². The van der Waals surface area contributed by atoms with Gasteiger partial charge in [0.05, 0.1) is 0 Å². The van der Waals surface area contributed by atoms with E-state index in [2.05, 4.69) is 0 Å². The Morgan fingerprint density at radius 1 is 1.53 bits per heavy atom. The number of ketones is 1. The lowest BCUT2D eigenvalue weighted by Gasteiger charge is -2.24. The number of nitrogens with two attached hydrogens (primary N) is 1. The van der Waals surface area contributed by atoms with E-state index >= 15 is 0 Å². The van der Waals surface area contributed by atoms with Crippen molar-refractivity contribution in [2.75, 3.05) is 6.54 Å². The molecule has 0 bridgehead atoms. The third-order valence-electron chi connectivity index (χ3n) is 2.58. The molecule has 0 spiro atoms. The molecule has 5 heteroatoms. The number of likely N-dealkylation sites (tertiary alicyclic amines) is 1. The minimum absolute atomic E-state index is 0.00731. The van der Waals surface area contributed by atoms with E-state index in [0.717, 1.165) is 6.42 Å². The molecule has 1 heterocycles. The monoisotopic (exact) mass is 212 g/mol. The van der Waals surface area contributed by atoms with Crippen LogP contribution in [0.1, 0.15) is 32.6 Å². The molecule has 1 rings (SSSR count). The number of amides is 2. The van der Waals surface area contributed by atoms with Crippen molar-refractivity contribution in [2.45, 2.75) is 38.6 Å². The van der Waals surface area contributed by atoms with Gasteiger partial charge in [-0.15, -0.1) is 0 Å². The Kier molecular flexibility index (Phi) is 3.82. The molecule has 84 valence electrons. The second-order valence-electron chi connectivity index (χ2n) is 3.85. The van der Waals surface area contributed by atoms with Crippen LogP contribution in [-0.2, 0) is 14.4 Å². The van der Waals surface area contributed by atoms with Gasteiger partial charge in [-0.1, -0.05) is 0 Å². The molecule has 1 aliphatic rings. The second kappa shape index (κ2) is 4.91. The summed E-state index contributed by atoms with van der Waals surface area (Å²) in [5, 5.41) is 0. The van der Waals surface area contributed by atoms with Gasteiger partial charge in [0.1, 0.15) is 11.8 Å². The van der Waals surface area contributed by atoms with Gasteiger partial charge in [-0.05, 0) is 19.8 Å². The highest BCUT2D eigenvalue weighted by Gasteiger charge is 2.31. The lowest BCUT2D eigenvalue weighted by molar-refractivity contribution is -0.136. The predicted molar refractivity (Wildman–Crippen MR) is 53.8 cm³/mol. The lowest BCUT2D eigenvalue weighted by atomic mass is 10.1. The van der Waals surface area contributed by atoms with Gasteiger partial charge in [0, 0.05) is 19.4 Å². The lowest BCUT2D eigenvalue weighted by Crippen LogP contribution is -2.45. The molecular formula is C10H16N2O3. The van der Waals surface area contributed by atoms with Crippen LogP contribution in [0.2, 0.25) is 0 Å². The minimum atomic E-state index is -0.608. The number of rotatable bonds is 5. The van der Waals surface area contributed by atoms with Crippen molar-refractivity contribution >= 4 is 17.6 Å². The molecule has 0 aliphatic carbocycles. The van der Waals surface area contributed by atoms with Crippen LogP contribution in [0, 0.1) is 0 Å². The predicted octanol–water partition coefficient (Wildman–Crippen LogP) is -0.168. The van der Waals surface area contributed by atoms with E-state index in [9.17, 15) is 14.4 Å². The summed E-state index contributed by atoms with van der Waals surface area (Å²) in [5.41, 5.74) is 5.22. The van der Waals surface area contributed by atoms with Crippen molar-refractivity contribution in [3.63, 3.8) is 0 Å². The molecule has 0 aromatic heterocycles. The summed E-state index contributed by atoms with van der Waals surface area (Å²) in [7, 11) is 0. The molecule has 0 radical (unpaired) electrons. The fraction of sp³-hybridized carbons (Fsp3) is 0.700. The molecule has 0 aromatic carbocycles. The fourth-order valence-electron chi connectivity index (χ4n) is 1.79. The second-order valence-corrected chi connectivity index (χ2v) is 3.85. The molecule has 1 aliphatic heterocycles. The smallest absolute Gasteiger partial charge is 0.240 e. The van der Waals surface area contributed by atoms with Gasteiger partial charge in [-0.3, -0.25) is 9.59 Å². The number of carbonyl (C=O) groups excluding carboxylic acids is 3. The van der Waals surface area contributed by atoms with Crippen LogP contribution in [0.15, 0.2) is 0 Å². The van der Waals surface area contributed by atoms with Crippen LogP contribution in [-0.4, -0.2) is 35.1 Å². The summed E-state index contributed by atoms with van der Waals surface area (Å²) in [6, 6.07) is -0.608. The number of carbonyl (C=O) groups is 3. The molecule has 0 aromatic rings. The number of primary amides is 1. The Bertz CT molecular complexity index is 288. The number of hydrogen-bond acceptors (Lipinski definition) is 3. The normalized spacial score (nSPS) is 17.9. The highest BCUT2D eigenvalue weighted by Crippen LogP contribution is 2.16. The average Bonchev–Trinajstić information content (AvgIpc) is 2.51. The SMILES string of the molecule is CC(=O)CC[C@H](C(N)=O)N1CCCC1=O. The Balaban J connectivity index is 2.61. The number of nitrogens with zero attached hydrogens (tertiary/aromatic N) is 1. The molecule has 2 N–H and O–H groups in total. The van der Waals surface area contributed by atoms with Gasteiger partial charge in [-0.2, -0.15) is 0 Å². The maximum absolute atomic E-state index is 11.4. The van der Waals surface area contributed by atoms with Crippen molar-refractivity contribution in [1.82, 2.24) is 4.90 Å². The summed E-state index contributed by atoms with van der Waals surface area (Å²) in [4.78, 5) is 34.9. The standard InChI is InChI=1S/C10H16N2O3/c1-7(13)4-5-8(10(11)15)12-6-2-3-9(12)14/h8H,2-6H2,1H3,(H2,11,15)/t8-/m1/s1. The third kappa shape index (κ3) is 3.04. The number of Topliss-reactive ketones (excluding diaryl/α,β-unsaturated/α-hetero) is 1.